The molecule has 0 saturated carbocycles. The van der Waals surface area contributed by atoms with Gasteiger partial charge in [0.25, 0.3) is 0 Å². The molecule has 2 heterocycles. The molecule has 0 atom stereocenters. The van der Waals surface area contributed by atoms with Crippen LogP contribution in [0.1, 0.15) is 5.56 Å². The maximum absolute atomic E-state index is 12.3. The van der Waals surface area contributed by atoms with E-state index in [2.05, 4.69) is 25.8 Å². The van der Waals surface area contributed by atoms with Gasteiger partial charge in [-0.25, -0.2) is 0 Å². The van der Waals surface area contributed by atoms with Crippen LogP contribution in [0.3, 0.4) is 0 Å². The molecule has 0 aliphatic heterocycles. The van der Waals surface area contributed by atoms with Crippen LogP contribution < -0.4 is 10.6 Å². The van der Waals surface area contributed by atoms with Gasteiger partial charge in [-0.3, -0.25) is 4.79 Å². The number of hydrogen-bond acceptors (Lipinski definition) is 4. The number of amides is 1. The fourth-order valence-electron chi connectivity index (χ4n) is 2.82. The number of aromatic nitrogens is 3. The summed E-state index contributed by atoms with van der Waals surface area (Å²) in [4.78, 5) is 15.5. The van der Waals surface area contributed by atoms with Gasteiger partial charge in [-0.05, 0) is 42.0 Å². The van der Waals surface area contributed by atoms with Crippen molar-refractivity contribution >= 4 is 45.7 Å². The van der Waals surface area contributed by atoms with Crippen LogP contribution in [0.5, 0.6) is 0 Å². The van der Waals surface area contributed by atoms with E-state index >= 15 is 0 Å². The van der Waals surface area contributed by atoms with Crippen LogP contribution in [0, 0.1) is 0 Å². The number of nitrogens with zero attached hydrogens (tertiary/aromatic N) is 2. The summed E-state index contributed by atoms with van der Waals surface area (Å²) in [5, 5.41) is 15.7. The van der Waals surface area contributed by atoms with Gasteiger partial charge in [0.2, 0.25) is 5.91 Å². The van der Waals surface area contributed by atoms with Crippen molar-refractivity contribution in [2.45, 2.75) is 6.42 Å². The number of carbonyl (C=O) groups is 1. The molecule has 2 aromatic heterocycles. The number of aromatic amines is 1. The second-order valence-electron chi connectivity index (χ2n) is 6.02. The molecule has 7 heteroatoms. The van der Waals surface area contributed by atoms with Crippen molar-refractivity contribution in [1.82, 2.24) is 15.2 Å². The van der Waals surface area contributed by atoms with Gasteiger partial charge in [0.1, 0.15) is 0 Å². The van der Waals surface area contributed by atoms with E-state index in [0.29, 0.717) is 16.7 Å². The minimum atomic E-state index is -0.149. The maximum Gasteiger partial charge on any atom is 0.230 e. The first kappa shape index (κ1) is 17.1. The number of hydrogen-bond donors (Lipinski definition) is 3. The Hall–Kier alpha value is -3.38. The molecule has 1 amide bonds. The van der Waals surface area contributed by atoms with E-state index in [9.17, 15) is 4.79 Å². The van der Waals surface area contributed by atoms with Gasteiger partial charge in [-0.2, -0.15) is 0 Å². The van der Waals surface area contributed by atoms with Crippen molar-refractivity contribution < 1.29 is 4.79 Å². The number of para-hydroxylation sites is 1. The van der Waals surface area contributed by atoms with Gasteiger partial charge in [0, 0.05) is 27.8 Å². The van der Waals surface area contributed by atoms with E-state index in [-0.39, 0.29) is 12.3 Å². The Morgan fingerprint density at radius 3 is 2.63 bits per heavy atom. The number of nitrogens with one attached hydrogen (secondary N) is 3. The Balaban J connectivity index is 1.40. The summed E-state index contributed by atoms with van der Waals surface area (Å²) in [7, 11) is 0. The molecule has 2 aromatic carbocycles. The quantitative estimate of drug-likeness (QED) is 0.477. The van der Waals surface area contributed by atoms with Gasteiger partial charge < -0.3 is 15.6 Å². The van der Waals surface area contributed by atoms with Crippen molar-refractivity contribution in [2.75, 3.05) is 10.6 Å². The molecular weight excluding hydrogens is 362 g/mol. The minimum absolute atomic E-state index is 0.149. The standard InChI is InChI=1S/C20H16ClN5O/c21-14-4-3-5-15(11-14)23-18-8-9-19(26-25-18)24-20(27)10-13-12-22-17-7-2-1-6-16(13)17/h1-9,11-12,22H,10H2,(H,23,25)(H,24,26,27). The van der Waals surface area contributed by atoms with Crippen LogP contribution in [0.25, 0.3) is 10.9 Å². The molecule has 6 nitrogen and oxygen atoms in total. The molecule has 134 valence electrons. The molecule has 0 fully saturated rings. The minimum Gasteiger partial charge on any atom is -0.361 e. The van der Waals surface area contributed by atoms with Crippen molar-refractivity contribution in [3.8, 4) is 0 Å². The second kappa shape index (κ2) is 7.47. The summed E-state index contributed by atoms with van der Waals surface area (Å²) in [6, 6.07) is 18.6. The van der Waals surface area contributed by atoms with Crippen molar-refractivity contribution in [3.63, 3.8) is 0 Å². The van der Waals surface area contributed by atoms with Gasteiger partial charge in [0.15, 0.2) is 11.6 Å². The fraction of sp³-hybridized carbons (Fsp3) is 0.0500. The van der Waals surface area contributed by atoms with Crippen molar-refractivity contribution in [3.05, 3.63) is 77.4 Å². The second-order valence-corrected chi connectivity index (χ2v) is 6.46. The summed E-state index contributed by atoms with van der Waals surface area (Å²) in [6.07, 6.45) is 2.11. The van der Waals surface area contributed by atoms with Crippen molar-refractivity contribution in [1.29, 1.82) is 0 Å². The summed E-state index contributed by atoms with van der Waals surface area (Å²) in [5.41, 5.74) is 2.76. The Labute approximate surface area is 160 Å². The van der Waals surface area contributed by atoms with Crippen LogP contribution in [0.2, 0.25) is 5.02 Å². The zero-order chi connectivity index (χ0) is 18.6. The summed E-state index contributed by atoms with van der Waals surface area (Å²) < 4.78 is 0. The molecular formula is C20H16ClN5O. The third-order valence-corrected chi connectivity index (χ3v) is 4.29. The first-order chi connectivity index (χ1) is 13.2. The van der Waals surface area contributed by atoms with Crippen LogP contribution in [-0.4, -0.2) is 21.1 Å². The smallest absolute Gasteiger partial charge is 0.230 e. The molecule has 0 spiro atoms. The third kappa shape index (κ3) is 4.07. The van der Waals surface area contributed by atoms with E-state index in [0.717, 1.165) is 22.2 Å². The summed E-state index contributed by atoms with van der Waals surface area (Å²) >= 11 is 5.96. The Morgan fingerprint density at radius 1 is 1.00 bits per heavy atom. The van der Waals surface area contributed by atoms with Crippen LogP contribution in [0.15, 0.2) is 66.9 Å². The topological polar surface area (TPSA) is 82.7 Å². The highest BCUT2D eigenvalue weighted by Crippen LogP contribution is 2.20. The van der Waals surface area contributed by atoms with Crippen LogP contribution >= 0.6 is 11.6 Å². The summed E-state index contributed by atoms with van der Waals surface area (Å²) in [5.74, 6) is 0.813. The van der Waals surface area contributed by atoms with E-state index in [1.807, 2.05) is 42.6 Å². The predicted octanol–water partition coefficient (Wildman–Crippen LogP) is 4.54. The van der Waals surface area contributed by atoms with E-state index in [1.165, 1.54) is 0 Å². The Morgan fingerprint density at radius 2 is 1.81 bits per heavy atom. The summed E-state index contributed by atoms with van der Waals surface area (Å²) in [6.45, 7) is 0. The highest BCUT2D eigenvalue weighted by Gasteiger charge is 2.10. The number of carbonyl (C=O) groups excluding carboxylic acids is 1. The molecule has 0 bridgehead atoms. The lowest BCUT2D eigenvalue weighted by Gasteiger charge is -2.07. The highest BCUT2D eigenvalue weighted by molar-refractivity contribution is 6.30. The average molecular weight is 378 g/mol. The van der Waals surface area contributed by atoms with Gasteiger partial charge in [-0.1, -0.05) is 35.9 Å². The van der Waals surface area contributed by atoms with Crippen LogP contribution in [-0.2, 0) is 11.2 Å². The highest BCUT2D eigenvalue weighted by atomic mass is 35.5. The lowest BCUT2D eigenvalue weighted by Crippen LogP contribution is -2.15. The number of anilines is 3. The lowest BCUT2D eigenvalue weighted by molar-refractivity contribution is -0.115. The Kier molecular flexibility index (Phi) is 4.72. The lowest BCUT2D eigenvalue weighted by atomic mass is 10.1. The fourth-order valence-corrected chi connectivity index (χ4v) is 3.01. The molecule has 0 aliphatic carbocycles. The number of benzene rings is 2. The Bertz CT molecular complexity index is 1090. The average Bonchev–Trinajstić information content (AvgIpc) is 3.06. The third-order valence-electron chi connectivity index (χ3n) is 4.05. The maximum atomic E-state index is 12.3. The molecule has 0 radical (unpaired) electrons. The number of H-pyrrole nitrogens is 1. The molecule has 4 rings (SSSR count). The van der Waals surface area contributed by atoms with E-state index in [1.54, 1.807) is 24.3 Å². The number of rotatable bonds is 5. The largest absolute Gasteiger partial charge is 0.361 e. The normalized spacial score (nSPS) is 10.7. The predicted molar refractivity (Wildman–Crippen MR) is 107 cm³/mol. The zero-order valence-corrected chi connectivity index (χ0v) is 15.0. The van der Waals surface area contributed by atoms with Gasteiger partial charge in [-0.15, -0.1) is 10.2 Å². The van der Waals surface area contributed by atoms with Crippen molar-refractivity contribution in [2.24, 2.45) is 0 Å². The van der Waals surface area contributed by atoms with Gasteiger partial charge in [0.05, 0.1) is 6.42 Å². The first-order valence-corrected chi connectivity index (χ1v) is 8.76. The number of fused-ring (bicyclic) bond motifs is 1. The molecule has 27 heavy (non-hydrogen) atoms. The van der Waals surface area contributed by atoms with E-state index < -0.39 is 0 Å². The zero-order valence-electron chi connectivity index (χ0n) is 14.2. The van der Waals surface area contributed by atoms with Crippen LogP contribution in [0.4, 0.5) is 17.3 Å². The molecule has 3 N–H and O–H groups in total. The first-order valence-electron chi connectivity index (χ1n) is 8.38. The molecule has 4 aromatic rings. The van der Waals surface area contributed by atoms with Gasteiger partial charge >= 0.3 is 0 Å². The number of halogens is 1. The van der Waals surface area contributed by atoms with E-state index in [4.69, 9.17) is 11.6 Å². The SMILES string of the molecule is O=C(Cc1c[nH]c2ccccc12)Nc1ccc(Nc2cccc(Cl)c2)nn1. The molecule has 0 aliphatic rings. The monoisotopic (exact) mass is 377 g/mol. The molecule has 0 unspecified atom stereocenters. The molecule has 0 saturated heterocycles.